The van der Waals surface area contributed by atoms with E-state index in [4.69, 9.17) is 4.74 Å². The Morgan fingerprint density at radius 2 is 1.44 bits per heavy atom. The van der Waals surface area contributed by atoms with Crippen LogP contribution in [0.15, 0.2) is 67.1 Å². The van der Waals surface area contributed by atoms with Crippen LogP contribution >= 0.6 is 0 Å². The summed E-state index contributed by atoms with van der Waals surface area (Å²) in [6.45, 7) is 15.5. The molecule has 0 atom stereocenters. The molecule has 0 amide bonds. The molecule has 2 aromatic heterocycles. The van der Waals surface area contributed by atoms with Gasteiger partial charge < -0.3 is 4.74 Å². The zero-order chi connectivity index (χ0) is 25.7. The zero-order valence-corrected chi connectivity index (χ0v) is 22.8. The van der Waals surface area contributed by atoms with E-state index in [0.29, 0.717) is 11.8 Å². The third-order valence-corrected chi connectivity index (χ3v) is 7.15. The fourth-order valence-electron chi connectivity index (χ4n) is 5.47. The molecular formula is C32H38N3O+. The molecule has 5 rings (SSSR count). The molecule has 0 radical (unpaired) electrons. The number of aromatic nitrogens is 3. The van der Waals surface area contributed by atoms with Crippen LogP contribution in [0.3, 0.4) is 0 Å². The number of benzene rings is 3. The lowest BCUT2D eigenvalue weighted by molar-refractivity contribution is -0.664. The fraction of sp³-hybridized carbons (Fsp3) is 0.344. The lowest BCUT2D eigenvalue weighted by atomic mass is 9.92. The zero-order valence-electron chi connectivity index (χ0n) is 22.8. The maximum absolute atomic E-state index is 6.20. The minimum atomic E-state index is 0.123. The van der Waals surface area contributed by atoms with Gasteiger partial charge in [0.05, 0.1) is 13.2 Å². The van der Waals surface area contributed by atoms with E-state index in [2.05, 4.69) is 136 Å². The largest absolute Gasteiger partial charge is 0.491 e. The van der Waals surface area contributed by atoms with Crippen LogP contribution in [-0.4, -0.2) is 15.2 Å². The normalized spacial score (nSPS) is 12.1. The maximum atomic E-state index is 6.20. The SMILES string of the molecule is Cc1c(OC(C)C)ccc2c3ccccc3n(-c3cn(-c4c(C(C)C)cccc4C(C)C)c[n+]3C)c12. The third-order valence-electron chi connectivity index (χ3n) is 7.15. The number of hydrogen-bond acceptors (Lipinski definition) is 1. The van der Waals surface area contributed by atoms with Crippen LogP contribution in [0.25, 0.3) is 33.3 Å². The van der Waals surface area contributed by atoms with E-state index < -0.39 is 0 Å². The first-order valence-corrected chi connectivity index (χ1v) is 13.1. The molecule has 0 aliphatic carbocycles. The van der Waals surface area contributed by atoms with Gasteiger partial charge in [-0.15, -0.1) is 0 Å². The Hall–Kier alpha value is -3.53. The standard InChI is InChI=1S/C32H38N3O/c1-20(2)24-13-11-14-25(21(3)4)32(24)34-18-30(33(8)19-34)35-28-15-10-9-12-26(28)27-16-17-29(36-22(5)6)23(7)31(27)35/h9-22H,1-8H3/q+1. The van der Waals surface area contributed by atoms with Gasteiger partial charge >= 0.3 is 0 Å². The van der Waals surface area contributed by atoms with Crippen LogP contribution in [0, 0.1) is 6.92 Å². The average Bonchev–Trinajstić information content (AvgIpc) is 3.37. The molecule has 0 aliphatic rings. The lowest BCUT2D eigenvalue weighted by Crippen LogP contribution is -2.30. The number of fused-ring (bicyclic) bond motifs is 3. The van der Waals surface area contributed by atoms with Crippen molar-refractivity contribution in [3.63, 3.8) is 0 Å². The third kappa shape index (κ3) is 3.89. The molecule has 0 fully saturated rings. The first kappa shape index (κ1) is 24.2. The molecule has 4 heteroatoms. The van der Waals surface area contributed by atoms with Crippen molar-refractivity contribution in [1.82, 2.24) is 9.13 Å². The summed E-state index contributed by atoms with van der Waals surface area (Å²) >= 11 is 0. The second-order valence-electron chi connectivity index (χ2n) is 10.8. The number of ether oxygens (including phenoxy) is 1. The van der Waals surface area contributed by atoms with Crippen molar-refractivity contribution < 1.29 is 9.30 Å². The Morgan fingerprint density at radius 3 is 2.08 bits per heavy atom. The highest BCUT2D eigenvalue weighted by Gasteiger charge is 2.26. The van der Waals surface area contributed by atoms with E-state index in [1.807, 2.05) is 0 Å². The van der Waals surface area contributed by atoms with E-state index >= 15 is 0 Å². The van der Waals surface area contributed by atoms with E-state index in [1.165, 1.54) is 38.6 Å². The minimum absolute atomic E-state index is 0.123. The van der Waals surface area contributed by atoms with E-state index in [9.17, 15) is 0 Å². The summed E-state index contributed by atoms with van der Waals surface area (Å²) < 4.78 is 13.2. The fourth-order valence-corrected chi connectivity index (χ4v) is 5.47. The minimum Gasteiger partial charge on any atom is -0.491 e. The first-order chi connectivity index (χ1) is 17.2. The smallest absolute Gasteiger partial charge is 0.265 e. The molecule has 2 heterocycles. The Bertz CT molecular complexity index is 1540. The number of nitrogens with zero attached hydrogens (tertiary/aromatic N) is 3. The molecule has 0 N–H and O–H groups in total. The average molecular weight is 481 g/mol. The molecule has 186 valence electrons. The quantitative estimate of drug-likeness (QED) is 0.228. The predicted octanol–water partition coefficient (Wildman–Crippen LogP) is 7.74. The molecule has 0 saturated carbocycles. The summed E-state index contributed by atoms with van der Waals surface area (Å²) in [6, 6.07) is 19.8. The molecule has 4 nitrogen and oxygen atoms in total. The van der Waals surface area contributed by atoms with E-state index in [1.54, 1.807) is 0 Å². The van der Waals surface area contributed by atoms with Gasteiger partial charge in [0.1, 0.15) is 28.7 Å². The summed E-state index contributed by atoms with van der Waals surface area (Å²) in [5, 5.41) is 2.50. The summed E-state index contributed by atoms with van der Waals surface area (Å²) in [5.74, 6) is 2.93. The van der Waals surface area contributed by atoms with Gasteiger partial charge in [0, 0.05) is 16.3 Å². The first-order valence-electron chi connectivity index (χ1n) is 13.1. The van der Waals surface area contributed by atoms with Crippen LogP contribution in [0.4, 0.5) is 0 Å². The van der Waals surface area contributed by atoms with Gasteiger partial charge in [-0.25, -0.2) is 13.7 Å². The number of imidazole rings is 1. The van der Waals surface area contributed by atoms with E-state index in [0.717, 1.165) is 17.1 Å². The number of aryl methyl sites for hydroxylation is 2. The van der Waals surface area contributed by atoms with Crippen molar-refractivity contribution >= 4 is 21.8 Å². The van der Waals surface area contributed by atoms with Crippen molar-refractivity contribution in [1.29, 1.82) is 0 Å². The van der Waals surface area contributed by atoms with Crippen LogP contribution in [0.5, 0.6) is 5.75 Å². The number of para-hydroxylation sites is 2. The molecule has 3 aromatic carbocycles. The van der Waals surface area contributed by atoms with Crippen molar-refractivity contribution in [2.75, 3.05) is 0 Å². The highest BCUT2D eigenvalue weighted by molar-refractivity contribution is 6.10. The molecule has 0 unspecified atom stereocenters. The van der Waals surface area contributed by atoms with Gasteiger partial charge in [0.2, 0.25) is 0 Å². The molecule has 5 aromatic rings. The van der Waals surface area contributed by atoms with Crippen molar-refractivity contribution in [2.24, 2.45) is 7.05 Å². The van der Waals surface area contributed by atoms with Gasteiger partial charge in [0.15, 0.2) is 6.33 Å². The van der Waals surface area contributed by atoms with Crippen molar-refractivity contribution in [2.45, 2.75) is 66.4 Å². The van der Waals surface area contributed by atoms with Crippen LogP contribution in [-0.2, 0) is 7.05 Å². The summed E-state index contributed by atoms with van der Waals surface area (Å²) in [5.41, 5.74) is 7.60. The monoisotopic (exact) mass is 480 g/mol. The second-order valence-corrected chi connectivity index (χ2v) is 10.8. The lowest BCUT2D eigenvalue weighted by Gasteiger charge is -2.17. The van der Waals surface area contributed by atoms with Crippen molar-refractivity contribution in [3.8, 4) is 17.3 Å². The van der Waals surface area contributed by atoms with Gasteiger partial charge in [-0.05, 0) is 61.9 Å². The predicted molar refractivity (Wildman–Crippen MR) is 150 cm³/mol. The topological polar surface area (TPSA) is 23.0 Å². The molecular weight excluding hydrogens is 442 g/mol. The molecule has 36 heavy (non-hydrogen) atoms. The highest BCUT2D eigenvalue weighted by atomic mass is 16.5. The van der Waals surface area contributed by atoms with Crippen LogP contribution in [0.1, 0.15) is 70.1 Å². The molecule has 0 spiro atoms. The second kappa shape index (κ2) is 9.16. The maximum Gasteiger partial charge on any atom is 0.265 e. The highest BCUT2D eigenvalue weighted by Crippen LogP contribution is 2.38. The summed E-state index contributed by atoms with van der Waals surface area (Å²) in [4.78, 5) is 0. The Balaban J connectivity index is 1.82. The number of hydrogen-bond donors (Lipinski definition) is 0. The molecule has 0 saturated heterocycles. The van der Waals surface area contributed by atoms with Crippen LogP contribution in [0.2, 0.25) is 0 Å². The van der Waals surface area contributed by atoms with Gasteiger partial charge in [-0.3, -0.25) is 0 Å². The van der Waals surface area contributed by atoms with Gasteiger partial charge in [-0.2, -0.15) is 0 Å². The Labute approximate surface area is 214 Å². The molecule has 0 aliphatic heterocycles. The van der Waals surface area contributed by atoms with Crippen LogP contribution < -0.4 is 9.30 Å². The Morgan fingerprint density at radius 1 is 0.778 bits per heavy atom. The Kier molecular flexibility index (Phi) is 6.15. The number of rotatable bonds is 6. The van der Waals surface area contributed by atoms with Gasteiger partial charge in [-0.1, -0.05) is 64.1 Å². The molecule has 0 bridgehead atoms. The summed E-state index contributed by atoms with van der Waals surface area (Å²) in [6.07, 6.45) is 4.62. The van der Waals surface area contributed by atoms with Gasteiger partial charge in [0.25, 0.3) is 5.82 Å². The summed E-state index contributed by atoms with van der Waals surface area (Å²) in [7, 11) is 2.14. The van der Waals surface area contributed by atoms with E-state index in [-0.39, 0.29) is 6.10 Å². The van der Waals surface area contributed by atoms with Crippen molar-refractivity contribution in [3.05, 3.63) is 83.8 Å².